The number of aromatic hydroxyl groups is 1. The van der Waals surface area contributed by atoms with Crippen LogP contribution < -0.4 is 10.9 Å². The maximum absolute atomic E-state index is 11.7. The van der Waals surface area contributed by atoms with Crippen LogP contribution in [-0.4, -0.2) is 46.8 Å². The predicted octanol–water partition coefficient (Wildman–Crippen LogP) is 1.48. The lowest BCUT2D eigenvalue weighted by atomic mass is 9.81. The summed E-state index contributed by atoms with van der Waals surface area (Å²) in [7, 11) is 1.85. The van der Waals surface area contributed by atoms with Gasteiger partial charge in [0, 0.05) is 18.6 Å². The minimum absolute atomic E-state index is 0.146. The molecule has 1 aliphatic carbocycles. The van der Waals surface area contributed by atoms with Gasteiger partial charge in [0.2, 0.25) is 0 Å². The first-order valence-electron chi connectivity index (χ1n) is 8.29. The van der Waals surface area contributed by atoms with Gasteiger partial charge in [-0.2, -0.15) is 0 Å². The summed E-state index contributed by atoms with van der Waals surface area (Å²) in [4.78, 5) is 13.6. The number of phenolic OH excluding ortho intramolecular Hbond substituents is 1. The SMILES string of the molecule is CN(CC1NNC2CCCCC21)C(C(=O)O)c1ccc(O)cc1. The van der Waals surface area contributed by atoms with Gasteiger partial charge in [0.25, 0.3) is 0 Å². The molecule has 3 rings (SSSR count). The Kier molecular flexibility index (Phi) is 4.84. The number of phenols is 1. The third-order valence-electron chi connectivity index (χ3n) is 5.16. The number of rotatable bonds is 5. The molecule has 1 aliphatic heterocycles. The van der Waals surface area contributed by atoms with Crippen LogP contribution in [0.5, 0.6) is 5.75 Å². The van der Waals surface area contributed by atoms with Crippen molar-refractivity contribution in [3.63, 3.8) is 0 Å². The molecule has 0 amide bonds. The van der Waals surface area contributed by atoms with Crippen molar-refractivity contribution in [3.8, 4) is 5.75 Å². The second-order valence-electron chi connectivity index (χ2n) is 6.72. The zero-order chi connectivity index (χ0) is 16.4. The molecule has 2 aliphatic rings. The average Bonchev–Trinajstić information content (AvgIpc) is 2.92. The van der Waals surface area contributed by atoms with E-state index in [0.717, 1.165) is 0 Å². The fraction of sp³-hybridized carbons (Fsp3) is 0.588. The molecule has 0 aromatic heterocycles. The first-order valence-corrected chi connectivity index (χ1v) is 8.29. The first-order chi connectivity index (χ1) is 11.1. The quantitative estimate of drug-likeness (QED) is 0.658. The largest absolute Gasteiger partial charge is 0.508 e. The number of likely N-dealkylation sites (N-methyl/N-ethyl adjacent to an activating group) is 1. The number of nitrogens with zero attached hydrogens (tertiary/aromatic N) is 1. The van der Waals surface area contributed by atoms with E-state index in [4.69, 9.17) is 0 Å². The van der Waals surface area contributed by atoms with Gasteiger partial charge in [-0.1, -0.05) is 25.0 Å². The summed E-state index contributed by atoms with van der Waals surface area (Å²) >= 11 is 0. The summed E-state index contributed by atoms with van der Waals surface area (Å²) in [5.74, 6) is -0.156. The summed E-state index contributed by atoms with van der Waals surface area (Å²) in [5, 5.41) is 19.0. The van der Waals surface area contributed by atoms with Crippen molar-refractivity contribution >= 4 is 5.97 Å². The average molecular weight is 319 g/mol. The minimum Gasteiger partial charge on any atom is -0.508 e. The highest BCUT2D eigenvalue weighted by atomic mass is 16.4. The molecule has 2 fully saturated rings. The van der Waals surface area contributed by atoms with E-state index < -0.39 is 12.0 Å². The number of fused-ring (bicyclic) bond motifs is 1. The van der Waals surface area contributed by atoms with Gasteiger partial charge < -0.3 is 10.2 Å². The summed E-state index contributed by atoms with van der Waals surface area (Å²) in [6, 6.07) is 6.49. The van der Waals surface area contributed by atoms with Crippen LogP contribution >= 0.6 is 0 Å². The lowest BCUT2D eigenvalue weighted by Crippen LogP contribution is -2.44. The second kappa shape index (κ2) is 6.86. The summed E-state index contributed by atoms with van der Waals surface area (Å²) < 4.78 is 0. The minimum atomic E-state index is -0.871. The van der Waals surface area contributed by atoms with Crippen molar-refractivity contribution in [1.29, 1.82) is 0 Å². The van der Waals surface area contributed by atoms with Crippen LogP contribution in [0.4, 0.5) is 0 Å². The van der Waals surface area contributed by atoms with Crippen molar-refractivity contribution in [2.24, 2.45) is 5.92 Å². The zero-order valence-corrected chi connectivity index (χ0v) is 13.4. The van der Waals surface area contributed by atoms with E-state index in [1.165, 1.54) is 37.8 Å². The Balaban J connectivity index is 1.70. The normalized spacial score (nSPS) is 28.5. The fourth-order valence-electron chi connectivity index (χ4n) is 3.98. The van der Waals surface area contributed by atoms with E-state index in [1.807, 2.05) is 11.9 Å². The van der Waals surface area contributed by atoms with Gasteiger partial charge in [-0.25, -0.2) is 0 Å². The Morgan fingerprint density at radius 3 is 2.65 bits per heavy atom. The summed E-state index contributed by atoms with van der Waals surface area (Å²) in [5.41, 5.74) is 7.42. The Bertz CT molecular complexity index is 549. The molecule has 1 aromatic rings. The van der Waals surface area contributed by atoms with Gasteiger partial charge in [0.1, 0.15) is 11.8 Å². The van der Waals surface area contributed by atoms with Gasteiger partial charge in [-0.05, 0) is 43.5 Å². The molecule has 0 spiro atoms. The third-order valence-corrected chi connectivity index (χ3v) is 5.16. The van der Waals surface area contributed by atoms with Crippen LogP contribution in [0.15, 0.2) is 24.3 Å². The molecule has 0 bridgehead atoms. The molecule has 1 aromatic carbocycles. The molecule has 6 nitrogen and oxygen atoms in total. The Hall–Kier alpha value is -1.63. The van der Waals surface area contributed by atoms with Gasteiger partial charge in [-0.15, -0.1) is 0 Å². The number of carbonyl (C=O) groups is 1. The zero-order valence-electron chi connectivity index (χ0n) is 13.4. The number of carboxylic acid groups (broad SMARTS) is 1. The topological polar surface area (TPSA) is 84.8 Å². The number of nitrogens with one attached hydrogen (secondary N) is 2. The monoisotopic (exact) mass is 319 g/mol. The van der Waals surface area contributed by atoms with Crippen molar-refractivity contribution in [1.82, 2.24) is 15.8 Å². The van der Waals surface area contributed by atoms with Crippen LogP contribution in [-0.2, 0) is 4.79 Å². The lowest BCUT2D eigenvalue weighted by molar-refractivity contribution is -0.143. The molecule has 6 heteroatoms. The summed E-state index contributed by atoms with van der Waals surface area (Å²) in [6.45, 7) is 0.673. The Morgan fingerprint density at radius 1 is 1.26 bits per heavy atom. The van der Waals surface area contributed by atoms with Gasteiger partial charge in [0.05, 0.1) is 0 Å². The molecule has 1 heterocycles. The van der Waals surface area contributed by atoms with E-state index in [-0.39, 0.29) is 11.8 Å². The Morgan fingerprint density at radius 2 is 1.96 bits per heavy atom. The molecule has 126 valence electrons. The van der Waals surface area contributed by atoms with Crippen LogP contribution in [0.25, 0.3) is 0 Å². The third kappa shape index (κ3) is 3.49. The maximum Gasteiger partial charge on any atom is 0.325 e. The molecule has 1 saturated heterocycles. The van der Waals surface area contributed by atoms with E-state index >= 15 is 0 Å². The Labute approximate surface area is 136 Å². The predicted molar refractivity (Wildman–Crippen MR) is 86.9 cm³/mol. The van der Waals surface area contributed by atoms with Crippen molar-refractivity contribution in [2.45, 2.75) is 43.8 Å². The smallest absolute Gasteiger partial charge is 0.325 e. The maximum atomic E-state index is 11.7. The highest BCUT2D eigenvalue weighted by Gasteiger charge is 2.38. The number of benzene rings is 1. The van der Waals surface area contributed by atoms with Gasteiger partial charge in [-0.3, -0.25) is 20.5 Å². The molecule has 1 saturated carbocycles. The molecule has 4 N–H and O–H groups in total. The van der Waals surface area contributed by atoms with E-state index in [2.05, 4.69) is 10.9 Å². The molecular weight excluding hydrogens is 294 g/mol. The second-order valence-corrected chi connectivity index (χ2v) is 6.72. The molecule has 23 heavy (non-hydrogen) atoms. The van der Waals surface area contributed by atoms with E-state index in [1.54, 1.807) is 12.1 Å². The lowest BCUT2D eigenvalue weighted by Gasteiger charge is -2.32. The molecule has 4 atom stereocenters. The van der Waals surface area contributed by atoms with Crippen molar-refractivity contribution in [2.75, 3.05) is 13.6 Å². The molecular formula is C17H25N3O3. The number of hydrazine groups is 1. The highest BCUT2D eigenvalue weighted by molar-refractivity contribution is 5.75. The standard InChI is InChI=1S/C17H25N3O3/c1-20(10-15-13-4-2-3-5-14(13)18-19-15)16(17(22)23)11-6-8-12(21)9-7-11/h6-9,13-16,18-19,21H,2-5,10H2,1H3,(H,22,23). The van der Waals surface area contributed by atoms with Crippen LogP contribution in [0.2, 0.25) is 0 Å². The number of hydrogen-bond donors (Lipinski definition) is 4. The van der Waals surface area contributed by atoms with Gasteiger partial charge in [0.15, 0.2) is 0 Å². The van der Waals surface area contributed by atoms with E-state index in [0.29, 0.717) is 24.1 Å². The fourth-order valence-corrected chi connectivity index (χ4v) is 3.98. The van der Waals surface area contributed by atoms with Crippen LogP contribution in [0.1, 0.15) is 37.3 Å². The molecule has 4 unspecified atom stereocenters. The van der Waals surface area contributed by atoms with Gasteiger partial charge >= 0.3 is 5.97 Å². The van der Waals surface area contributed by atoms with Crippen molar-refractivity contribution < 1.29 is 15.0 Å². The summed E-state index contributed by atoms with van der Waals surface area (Å²) in [6.07, 6.45) is 4.91. The van der Waals surface area contributed by atoms with Crippen LogP contribution in [0, 0.1) is 5.92 Å². The number of carboxylic acids is 1. The molecule has 0 radical (unpaired) electrons. The number of aliphatic carboxylic acids is 1. The highest BCUT2D eigenvalue weighted by Crippen LogP contribution is 2.31. The van der Waals surface area contributed by atoms with E-state index in [9.17, 15) is 15.0 Å². The first kappa shape index (κ1) is 16.2. The number of hydrogen-bond acceptors (Lipinski definition) is 5. The van der Waals surface area contributed by atoms with Crippen molar-refractivity contribution in [3.05, 3.63) is 29.8 Å². The van der Waals surface area contributed by atoms with Crippen LogP contribution in [0.3, 0.4) is 0 Å².